The van der Waals surface area contributed by atoms with Crippen LogP contribution in [0.1, 0.15) is 30.3 Å². The zero-order valence-electron chi connectivity index (χ0n) is 13.0. The van der Waals surface area contributed by atoms with Crippen molar-refractivity contribution in [2.24, 2.45) is 0 Å². The number of piperidine rings is 1. The second kappa shape index (κ2) is 7.06. The fraction of sp³-hybridized carbons (Fsp3) is 0.438. The Balaban J connectivity index is 1.75. The number of hydrogen-bond acceptors (Lipinski definition) is 5. The molecule has 1 aromatic heterocycles. The van der Waals surface area contributed by atoms with Crippen molar-refractivity contribution in [1.29, 1.82) is 0 Å². The number of amides is 3. The quantitative estimate of drug-likeness (QED) is 0.904. The van der Waals surface area contributed by atoms with Gasteiger partial charge >= 0.3 is 6.03 Å². The number of para-hydroxylation sites is 1. The molecule has 3 amide bonds. The number of nitrogens with zero attached hydrogens (tertiary/aromatic N) is 2. The van der Waals surface area contributed by atoms with Crippen LogP contribution < -0.4 is 10.6 Å². The fourth-order valence-corrected chi connectivity index (χ4v) is 4.04. The topological polar surface area (TPSA) is 74.3 Å². The molecular weight excluding hydrogens is 312 g/mol. The SMILES string of the molecule is CNC(=O)NC(=O)CN1CCCC[C@H]1c1nc2ccccc2s1. The maximum absolute atomic E-state index is 12.0. The number of carbonyl (C=O) groups excluding carboxylic acids is 2. The lowest BCUT2D eigenvalue weighted by atomic mass is 10.0. The molecule has 1 saturated heterocycles. The van der Waals surface area contributed by atoms with Crippen LogP contribution in [0.15, 0.2) is 24.3 Å². The predicted octanol–water partition coefficient (Wildman–Crippen LogP) is 2.28. The van der Waals surface area contributed by atoms with Gasteiger partial charge in [-0.15, -0.1) is 11.3 Å². The maximum atomic E-state index is 12.0. The number of carbonyl (C=O) groups is 2. The van der Waals surface area contributed by atoms with Gasteiger partial charge in [0.1, 0.15) is 5.01 Å². The molecule has 1 atom stereocenters. The van der Waals surface area contributed by atoms with E-state index >= 15 is 0 Å². The number of aromatic nitrogens is 1. The highest BCUT2D eigenvalue weighted by molar-refractivity contribution is 7.18. The Bertz CT molecular complexity index is 682. The Morgan fingerprint density at radius 2 is 2.17 bits per heavy atom. The molecule has 2 aromatic rings. The Kier molecular flexibility index (Phi) is 4.88. The van der Waals surface area contributed by atoms with Crippen LogP contribution in [-0.2, 0) is 4.79 Å². The lowest BCUT2D eigenvalue weighted by Crippen LogP contribution is -2.45. The molecule has 0 bridgehead atoms. The van der Waals surface area contributed by atoms with Crippen molar-refractivity contribution in [3.63, 3.8) is 0 Å². The van der Waals surface area contributed by atoms with Gasteiger partial charge in [-0.1, -0.05) is 18.6 Å². The molecule has 0 aliphatic carbocycles. The van der Waals surface area contributed by atoms with Gasteiger partial charge in [-0.3, -0.25) is 15.0 Å². The van der Waals surface area contributed by atoms with Crippen molar-refractivity contribution in [3.8, 4) is 0 Å². The molecule has 2 N–H and O–H groups in total. The van der Waals surface area contributed by atoms with Gasteiger partial charge < -0.3 is 5.32 Å². The zero-order valence-corrected chi connectivity index (χ0v) is 13.9. The van der Waals surface area contributed by atoms with Gasteiger partial charge in [-0.25, -0.2) is 9.78 Å². The van der Waals surface area contributed by atoms with Gasteiger partial charge in [-0.2, -0.15) is 0 Å². The molecule has 2 heterocycles. The standard InChI is InChI=1S/C16H20N4O2S/c1-17-16(22)19-14(21)10-20-9-5-4-7-12(20)15-18-11-6-2-3-8-13(11)23-15/h2-3,6,8,12H,4-5,7,9-10H2,1H3,(H2,17,19,21,22)/t12-/m0/s1. The molecule has 3 rings (SSSR count). The monoisotopic (exact) mass is 332 g/mol. The predicted molar refractivity (Wildman–Crippen MR) is 90.4 cm³/mol. The third-order valence-electron chi connectivity index (χ3n) is 4.04. The summed E-state index contributed by atoms with van der Waals surface area (Å²) in [5, 5.41) is 5.78. The molecule has 1 aromatic carbocycles. The second-order valence-corrected chi connectivity index (χ2v) is 6.69. The van der Waals surface area contributed by atoms with E-state index in [-0.39, 0.29) is 18.5 Å². The van der Waals surface area contributed by atoms with Crippen LogP contribution >= 0.6 is 11.3 Å². The van der Waals surface area contributed by atoms with Crippen molar-refractivity contribution in [2.45, 2.75) is 25.3 Å². The minimum atomic E-state index is -0.469. The van der Waals surface area contributed by atoms with Crippen molar-refractivity contribution in [3.05, 3.63) is 29.3 Å². The van der Waals surface area contributed by atoms with Crippen LogP contribution in [0.5, 0.6) is 0 Å². The molecule has 0 unspecified atom stereocenters. The number of urea groups is 1. The van der Waals surface area contributed by atoms with Crippen molar-refractivity contribution in [2.75, 3.05) is 20.1 Å². The fourth-order valence-electron chi connectivity index (χ4n) is 2.91. The summed E-state index contributed by atoms with van der Waals surface area (Å²) in [4.78, 5) is 30.1. The van der Waals surface area contributed by atoms with Crippen molar-refractivity contribution >= 4 is 33.5 Å². The van der Waals surface area contributed by atoms with Gasteiger partial charge in [-0.05, 0) is 31.5 Å². The summed E-state index contributed by atoms with van der Waals surface area (Å²) in [7, 11) is 1.49. The average Bonchev–Trinajstić information content (AvgIpc) is 2.99. The normalized spacial score (nSPS) is 18.7. The Hall–Kier alpha value is -1.99. The highest BCUT2D eigenvalue weighted by atomic mass is 32.1. The lowest BCUT2D eigenvalue weighted by Gasteiger charge is -2.33. The Morgan fingerprint density at radius 3 is 2.96 bits per heavy atom. The van der Waals surface area contributed by atoms with Crippen molar-refractivity contribution in [1.82, 2.24) is 20.5 Å². The molecule has 1 aliphatic rings. The number of imide groups is 1. The summed E-state index contributed by atoms with van der Waals surface area (Å²) in [6.45, 7) is 1.07. The molecule has 23 heavy (non-hydrogen) atoms. The summed E-state index contributed by atoms with van der Waals surface area (Å²) in [6.07, 6.45) is 3.19. The number of benzene rings is 1. The molecule has 7 heteroatoms. The van der Waals surface area contributed by atoms with E-state index in [0.717, 1.165) is 36.3 Å². The molecule has 0 saturated carbocycles. The molecule has 122 valence electrons. The molecule has 1 fully saturated rings. The smallest absolute Gasteiger partial charge is 0.321 e. The van der Waals surface area contributed by atoms with E-state index in [2.05, 4.69) is 21.6 Å². The molecule has 1 aliphatic heterocycles. The van der Waals surface area contributed by atoms with Crippen LogP contribution in [0.3, 0.4) is 0 Å². The highest BCUT2D eigenvalue weighted by Gasteiger charge is 2.28. The molecular formula is C16H20N4O2S. The van der Waals surface area contributed by atoms with Gasteiger partial charge in [0, 0.05) is 7.05 Å². The second-order valence-electron chi connectivity index (χ2n) is 5.63. The van der Waals surface area contributed by atoms with Gasteiger partial charge in [0.25, 0.3) is 0 Å². The van der Waals surface area contributed by atoms with E-state index in [4.69, 9.17) is 4.98 Å². The number of thiazole rings is 1. The number of rotatable bonds is 3. The minimum absolute atomic E-state index is 0.150. The molecule has 0 spiro atoms. The first kappa shape index (κ1) is 15.9. The van der Waals surface area contributed by atoms with Crippen LogP contribution in [0.4, 0.5) is 4.79 Å². The number of fused-ring (bicyclic) bond motifs is 1. The third kappa shape index (κ3) is 3.68. The first-order chi connectivity index (χ1) is 11.2. The van der Waals surface area contributed by atoms with E-state index in [9.17, 15) is 9.59 Å². The lowest BCUT2D eigenvalue weighted by molar-refractivity contribution is -0.122. The number of nitrogens with one attached hydrogen (secondary N) is 2. The van der Waals surface area contributed by atoms with E-state index in [1.807, 2.05) is 18.2 Å². The van der Waals surface area contributed by atoms with Crippen LogP contribution in [0.2, 0.25) is 0 Å². The van der Waals surface area contributed by atoms with E-state index in [1.165, 1.54) is 11.7 Å². The van der Waals surface area contributed by atoms with E-state index in [1.54, 1.807) is 11.3 Å². The average molecular weight is 332 g/mol. The van der Waals surface area contributed by atoms with Crippen LogP contribution in [-0.4, -0.2) is 42.0 Å². The number of likely N-dealkylation sites (tertiary alicyclic amines) is 1. The van der Waals surface area contributed by atoms with Crippen molar-refractivity contribution < 1.29 is 9.59 Å². The van der Waals surface area contributed by atoms with Crippen LogP contribution in [0, 0.1) is 0 Å². The van der Waals surface area contributed by atoms with Gasteiger partial charge in [0.2, 0.25) is 5.91 Å². The summed E-state index contributed by atoms with van der Waals surface area (Å²) >= 11 is 1.69. The molecule has 6 nitrogen and oxygen atoms in total. The van der Waals surface area contributed by atoms with E-state index < -0.39 is 6.03 Å². The van der Waals surface area contributed by atoms with Gasteiger partial charge in [0.05, 0.1) is 22.8 Å². The van der Waals surface area contributed by atoms with Crippen LogP contribution in [0.25, 0.3) is 10.2 Å². The first-order valence-electron chi connectivity index (χ1n) is 7.78. The maximum Gasteiger partial charge on any atom is 0.321 e. The summed E-state index contributed by atoms with van der Waals surface area (Å²) in [5.41, 5.74) is 1.01. The van der Waals surface area contributed by atoms with E-state index in [0.29, 0.717) is 0 Å². The summed E-state index contributed by atoms with van der Waals surface area (Å²) < 4.78 is 1.17. The minimum Gasteiger partial charge on any atom is -0.341 e. The number of hydrogen-bond donors (Lipinski definition) is 2. The summed E-state index contributed by atoms with van der Waals surface area (Å²) in [6, 6.07) is 7.77. The first-order valence-corrected chi connectivity index (χ1v) is 8.60. The van der Waals surface area contributed by atoms with Gasteiger partial charge in [0.15, 0.2) is 0 Å². The third-order valence-corrected chi connectivity index (χ3v) is 5.17. The summed E-state index contributed by atoms with van der Waals surface area (Å²) in [5.74, 6) is -0.280. The highest BCUT2D eigenvalue weighted by Crippen LogP contribution is 2.35. The Labute approximate surface area is 138 Å². The largest absolute Gasteiger partial charge is 0.341 e. The Morgan fingerprint density at radius 1 is 1.35 bits per heavy atom. The molecule has 0 radical (unpaired) electrons. The zero-order chi connectivity index (χ0) is 16.2.